The van der Waals surface area contributed by atoms with Gasteiger partial charge in [-0.1, -0.05) is 18.2 Å². The van der Waals surface area contributed by atoms with Crippen molar-refractivity contribution in [1.82, 2.24) is 9.88 Å². The van der Waals surface area contributed by atoms with Crippen molar-refractivity contribution in [3.8, 4) is 0 Å². The zero-order valence-electron chi connectivity index (χ0n) is 10.5. The normalized spacial score (nSPS) is 23.4. The van der Waals surface area contributed by atoms with Crippen molar-refractivity contribution in [3.63, 3.8) is 0 Å². The molecule has 3 nitrogen and oxygen atoms in total. The molecule has 1 unspecified atom stereocenters. The zero-order valence-corrected chi connectivity index (χ0v) is 10.5. The summed E-state index contributed by atoms with van der Waals surface area (Å²) >= 11 is 0. The van der Waals surface area contributed by atoms with E-state index in [1.165, 1.54) is 34.9 Å². The number of para-hydroxylation sites is 1. The Morgan fingerprint density at radius 3 is 3.22 bits per heavy atom. The number of rotatable bonds is 1. The van der Waals surface area contributed by atoms with E-state index in [0.717, 1.165) is 26.3 Å². The summed E-state index contributed by atoms with van der Waals surface area (Å²) in [5.41, 5.74) is 4.36. The minimum atomic E-state index is 0.357. The summed E-state index contributed by atoms with van der Waals surface area (Å²) in [5, 5.41) is 4.98. The van der Waals surface area contributed by atoms with Gasteiger partial charge in [-0.15, -0.1) is 0 Å². The molecule has 0 spiro atoms. The summed E-state index contributed by atoms with van der Waals surface area (Å²) in [6.07, 6.45) is 4.81. The predicted octanol–water partition coefficient (Wildman–Crippen LogP) is 2.25. The Balaban J connectivity index is 1.89. The maximum absolute atomic E-state index is 5.60. The van der Waals surface area contributed by atoms with Crippen LogP contribution in [0.2, 0.25) is 0 Å². The highest BCUT2D eigenvalue weighted by Gasteiger charge is 2.22. The molecule has 3 heteroatoms. The van der Waals surface area contributed by atoms with Gasteiger partial charge in [-0.25, -0.2) is 0 Å². The van der Waals surface area contributed by atoms with E-state index in [9.17, 15) is 0 Å². The maximum atomic E-state index is 5.60. The number of morpholine rings is 1. The van der Waals surface area contributed by atoms with Gasteiger partial charge in [-0.3, -0.25) is 0 Å². The molecule has 1 aromatic carbocycles. The summed E-state index contributed by atoms with van der Waals surface area (Å²) in [6.45, 7) is 3.74. The molecule has 0 saturated carbocycles. The predicted molar refractivity (Wildman–Crippen MR) is 71.8 cm³/mol. The lowest BCUT2D eigenvalue weighted by Crippen LogP contribution is -2.34. The molecule has 94 valence electrons. The lowest BCUT2D eigenvalue weighted by Gasteiger charge is -2.23. The standard InChI is InChI=1S/C15H18N2O/c1-3-11-4-2-7-17-9-13(12(5-1)15(11)17)14-10-18-8-6-16-14/h1,3,5,9,14,16H,2,4,6-8,10H2. The molecule has 2 aromatic rings. The van der Waals surface area contributed by atoms with Crippen LogP contribution in [0.25, 0.3) is 10.9 Å². The molecule has 4 rings (SSSR count). The quantitative estimate of drug-likeness (QED) is 0.830. The molecule has 0 bridgehead atoms. The van der Waals surface area contributed by atoms with E-state index in [0.29, 0.717) is 6.04 Å². The van der Waals surface area contributed by atoms with Crippen LogP contribution in [0, 0.1) is 0 Å². The number of nitrogens with one attached hydrogen (secondary N) is 1. The monoisotopic (exact) mass is 242 g/mol. The van der Waals surface area contributed by atoms with Gasteiger partial charge in [-0.2, -0.15) is 0 Å². The second-order valence-electron chi connectivity index (χ2n) is 5.28. The Morgan fingerprint density at radius 2 is 2.33 bits per heavy atom. The lowest BCUT2D eigenvalue weighted by molar-refractivity contribution is 0.0772. The Bertz CT molecular complexity index is 581. The van der Waals surface area contributed by atoms with Crippen molar-refractivity contribution in [2.75, 3.05) is 19.8 Å². The van der Waals surface area contributed by atoms with Crippen LogP contribution in [0.4, 0.5) is 0 Å². The molecular weight excluding hydrogens is 224 g/mol. The van der Waals surface area contributed by atoms with E-state index in [-0.39, 0.29) is 0 Å². The number of nitrogens with zero attached hydrogens (tertiary/aromatic N) is 1. The number of ether oxygens (including phenoxy) is 1. The molecule has 1 saturated heterocycles. The molecule has 3 heterocycles. The molecule has 1 aromatic heterocycles. The minimum Gasteiger partial charge on any atom is -0.378 e. The van der Waals surface area contributed by atoms with Crippen molar-refractivity contribution >= 4 is 10.9 Å². The van der Waals surface area contributed by atoms with Crippen LogP contribution in [0.3, 0.4) is 0 Å². The molecule has 1 fully saturated rings. The van der Waals surface area contributed by atoms with Gasteiger partial charge in [0.15, 0.2) is 0 Å². The van der Waals surface area contributed by atoms with Crippen molar-refractivity contribution in [1.29, 1.82) is 0 Å². The minimum absolute atomic E-state index is 0.357. The molecule has 2 aliphatic rings. The van der Waals surface area contributed by atoms with Crippen LogP contribution < -0.4 is 5.32 Å². The zero-order chi connectivity index (χ0) is 11.9. The molecular formula is C15H18N2O. The maximum Gasteiger partial charge on any atom is 0.0662 e. The summed E-state index contributed by atoms with van der Waals surface area (Å²) in [5.74, 6) is 0. The largest absolute Gasteiger partial charge is 0.378 e. The number of benzene rings is 1. The average Bonchev–Trinajstić information content (AvgIpc) is 2.82. The van der Waals surface area contributed by atoms with Gasteiger partial charge in [0.2, 0.25) is 0 Å². The van der Waals surface area contributed by atoms with Gasteiger partial charge in [0.05, 0.1) is 24.8 Å². The number of aromatic nitrogens is 1. The molecule has 1 atom stereocenters. The first kappa shape index (κ1) is 10.6. The highest BCUT2D eigenvalue weighted by molar-refractivity contribution is 5.87. The van der Waals surface area contributed by atoms with E-state index in [1.54, 1.807) is 0 Å². The van der Waals surface area contributed by atoms with Crippen LogP contribution in [0.15, 0.2) is 24.4 Å². The van der Waals surface area contributed by atoms with Gasteiger partial charge < -0.3 is 14.6 Å². The van der Waals surface area contributed by atoms with Gasteiger partial charge in [0.25, 0.3) is 0 Å². The third-order valence-corrected chi connectivity index (χ3v) is 4.15. The fraction of sp³-hybridized carbons (Fsp3) is 0.467. The summed E-state index contributed by atoms with van der Waals surface area (Å²) < 4.78 is 8.03. The molecule has 0 amide bonds. The van der Waals surface area contributed by atoms with Crippen molar-refractivity contribution in [2.24, 2.45) is 0 Å². The SMILES string of the molecule is c1cc2c3c(c1)c(C1COCCN1)cn3CCC2. The fourth-order valence-corrected chi connectivity index (χ4v) is 3.33. The van der Waals surface area contributed by atoms with Gasteiger partial charge in [0.1, 0.15) is 0 Å². The van der Waals surface area contributed by atoms with E-state index in [2.05, 4.69) is 34.3 Å². The van der Waals surface area contributed by atoms with Crippen LogP contribution in [-0.2, 0) is 17.7 Å². The highest BCUT2D eigenvalue weighted by atomic mass is 16.5. The van der Waals surface area contributed by atoms with E-state index >= 15 is 0 Å². The molecule has 2 aliphatic heterocycles. The average molecular weight is 242 g/mol. The summed E-state index contributed by atoms with van der Waals surface area (Å²) in [6, 6.07) is 7.08. The van der Waals surface area contributed by atoms with Gasteiger partial charge >= 0.3 is 0 Å². The Hall–Kier alpha value is -1.32. The van der Waals surface area contributed by atoms with Gasteiger partial charge in [0, 0.05) is 24.7 Å². The Morgan fingerprint density at radius 1 is 1.33 bits per heavy atom. The van der Waals surface area contributed by atoms with Crippen LogP contribution in [0.5, 0.6) is 0 Å². The first-order chi connectivity index (χ1) is 8.93. The summed E-state index contributed by atoms with van der Waals surface area (Å²) in [7, 11) is 0. The van der Waals surface area contributed by atoms with Crippen LogP contribution in [0.1, 0.15) is 23.6 Å². The van der Waals surface area contributed by atoms with Crippen LogP contribution >= 0.6 is 0 Å². The molecule has 0 radical (unpaired) electrons. The molecule has 18 heavy (non-hydrogen) atoms. The Kier molecular flexibility index (Phi) is 2.42. The van der Waals surface area contributed by atoms with Crippen LogP contribution in [-0.4, -0.2) is 24.3 Å². The van der Waals surface area contributed by atoms with Crippen molar-refractivity contribution < 1.29 is 4.74 Å². The molecule has 0 aliphatic carbocycles. The van der Waals surface area contributed by atoms with E-state index in [4.69, 9.17) is 4.74 Å². The third kappa shape index (κ3) is 1.51. The smallest absolute Gasteiger partial charge is 0.0662 e. The lowest BCUT2D eigenvalue weighted by atomic mass is 10.0. The summed E-state index contributed by atoms with van der Waals surface area (Å²) in [4.78, 5) is 0. The first-order valence-electron chi connectivity index (χ1n) is 6.85. The Labute approximate surface area is 107 Å². The fourth-order valence-electron chi connectivity index (χ4n) is 3.33. The van der Waals surface area contributed by atoms with Crippen molar-refractivity contribution in [3.05, 3.63) is 35.5 Å². The van der Waals surface area contributed by atoms with Crippen molar-refractivity contribution in [2.45, 2.75) is 25.4 Å². The highest BCUT2D eigenvalue weighted by Crippen LogP contribution is 2.32. The van der Waals surface area contributed by atoms with E-state index in [1.807, 2.05) is 0 Å². The first-order valence-corrected chi connectivity index (χ1v) is 6.85. The second-order valence-corrected chi connectivity index (χ2v) is 5.28. The second kappa shape index (κ2) is 4.11. The molecule has 1 N–H and O–H groups in total. The topological polar surface area (TPSA) is 26.2 Å². The number of hydrogen-bond acceptors (Lipinski definition) is 2. The van der Waals surface area contributed by atoms with E-state index < -0.39 is 0 Å². The number of aryl methyl sites for hydroxylation is 2. The van der Waals surface area contributed by atoms with Gasteiger partial charge in [-0.05, 0) is 24.0 Å². The third-order valence-electron chi connectivity index (χ3n) is 4.15. The number of hydrogen-bond donors (Lipinski definition) is 1.